The highest BCUT2D eigenvalue weighted by Crippen LogP contribution is 2.31. The molecule has 1 saturated carbocycles. The molecular weight excluding hydrogens is 300 g/mol. The van der Waals surface area contributed by atoms with Crippen molar-refractivity contribution >= 4 is 9.84 Å². The van der Waals surface area contributed by atoms with Crippen molar-refractivity contribution in [1.29, 1.82) is 0 Å². The van der Waals surface area contributed by atoms with Crippen molar-refractivity contribution in [1.82, 2.24) is 9.88 Å². The van der Waals surface area contributed by atoms with Crippen LogP contribution in [0.2, 0.25) is 0 Å². The van der Waals surface area contributed by atoms with Gasteiger partial charge < -0.3 is 4.74 Å². The molecule has 0 aromatic carbocycles. The van der Waals surface area contributed by atoms with E-state index in [9.17, 15) is 8.42 Å². The number of ether oxygens (including phenoxy) is 1. The van der Waals surface area contributed by atoms with E-state index in [2.05, 4.69) is 9.88 Å². The van der Waals surface area contributed by atoms with Crippen molar-refractivity contribution in [2.45, 2.75) is 50.9 Å². The van der Waals surface area contributed by atoms with E-state index >= 15 is 0 Å². The Morgan fingerprint density at radius 2 is 2.05 bits per heavy atom. The van der Waals surface area contributed by atoms with E-state index in [0.29, 0.717) is 6.54 Å². The summed E-state index contributed by atoms with van der Waals surface area (Å²) in [5.74, 6) is 0.865. The van der Waals surface area contributed by atoms with E-state index in [0.717, 1.165) is 41.8 Å². The zero-order valence-corrected chi connectivity index (χ0v) is 14.9. The quantitative estimate of drug-likeness (QED) is 0.829. The van der Waals surface area contributed by atoms with Gasteiger partial charge in [-0.1, -0.05) is 6.42 Å². The van der Waals surface area contributed by atoms with E-state index < -0.39 is 9.84 Å². The average molecular weight is 326 g/mol. The van der Waals surface area contributed by atoms with E-state index in [1.165, 1.54) is 6.26 Å². The molecule has 124 valence electrons. The molecule has 1 aromatic rings. The van der Waals surface area contributed by atoms with Gasteiger partial charge in [0.25, 0.3) is 0 Å². The highest BCUT2D eigenvalue weighted by molar-refractivity contribution is 7.91. The molecule has 5 nitrogen and oxygen atoms in total. The molecule has 1 fully saturated rings. The highest BCUT2D eigenvalue weighted by atomic mass is 32.2. The Balaban J connectivity index is 2.21. The van der Waals surface area contributed by atoms with Crippen LogP contribution in [0.4, 0.5) is 0 Å². The molecule has 0 bridgehead atoms. The van der Waals surface area contributed by atoms with Gasteiger partial charge in [-0.3, -0.25) is 9.88 Å². The number of aromatic nitrogens is 1. The van der Waals surface area contributed by atoms with Crippen LogP contribution in [0.25, 0.3) is 0 Å². The lowest BCUT2D eigenvalue weighted by Crippen LogP contribution is -2.41. The number of pyridine rings is 1. The smallest absolute Gasteiger partial charge is 0.151 e. The van der Waals surface area contributed by atoms with Gasteiger partial charge in [-0.25, -0.2) is 8.42 Å². The lowest BCUT2D eigenvalue weighted by molar-refractivity contribution is 0.235. The van der Waals surface area contributed by atoms with Crippen LogP contribution in [0.3, 0.4) is 0 Å². The van der Waals surface area contributed by atoms with Crippen molar-refractivity contribution in [3.05, 3.63) is 23.0 Å². The summed E-state index contributed by atoms with van der Waals surface area (Å²) in [6.07, 6.45) is 5.82. The monoisotopic (exact) mass is 326 g/mol. The van der Waals surface area contributed by atoms with E-state index in [1.54, 1.807) is 7.11 Å². The van der Waals surface area contributed by atoms with Crippen LogP contribution in [0.5, 0.6) is 5.75 Å². The summed E-state index contributed by atoms with van der Waals surface area (Å²) in [6.45, 7) is 4.62. The fourth-order valence-corrected chi connectivity index (χ4v) is 5.00. The summed E-state index contributed by atoms with van der Waals surface area (Å²) in [6, 6.07) is 0.0727. The lowest BCUT2D eigenvalue weighted by atomic mass is 10.1. The fraction of sp³-hybridized carbons (Fsp3) is 0.688. The lowest BCUT2D eigenvalue weighted by Gasteiger charge is -2.29. The molecule has 6 heteroatoms. The molecule has 1 heterocycles. The first-order valence-corrected chi connectivity index (χ1v) is 9.59. The molecule has 0 unspecified atom stereocenters. The molecule has 1 aromatic heterocycles. The molecule has 0 spiro atoms. The number of rotatable bonds is 5. The predicted molar refractivity (Wildman–Crippen MR) is 88.0 cm³/mol. The Bertz CT molecular complexity index is 643. The zero-order valence-electron chi connectivity index (χ0n) is 14.1. The first kappa shape index (κ1) is 17.2. The molecule has 1 aliphatic rings. The molecule has 0 N–H and O–H groups in total. The first-order chi connectivity index (χ1) is 10.3. The van der Waals surface area contributed by atoms with Gasteiger partial charge in [-0.05, 0) is 33.7 Å². The normalized spacial score (nSPS) is 22.3. The highest BCUT2D eigenvalue weighted by Gasteiger charge is 2.37. The van der Waals surface area contributed by atoms with Gasteiger partial charge in [-0.2, -0.15) is 0 Å². The van der Waals surface area contributed by atoms with Crippen LogP contribution in [0, 0.1) is 13.8 Å². The molecule has 1 aliphatic carbocycles. The minimum absolute atomic E-state index is 0.0727. The Labute approximate surface area is 133 Å². The molecule has 0 amide bonds. The van der Waals surface area contributed by atoms with Gasteiger partial charge >= 0.3 is 0 Å². The second kappa shape index (κ2) is 6.54. The molecular formula is C16H26N2O3S. The minimum Gasteiger partial charge on any atom is -0.496 e. The van der Waals surface area contributed by atoms with Crippen LogP contribution < -0.4 is 4.74 Å². The van der Waals surface area contributed by atoms with Gasteiger partial charge in [-0.15, -0.1) is 0 Å². The Morgan fingerprint density at radius 1 is 1.36 bits per heavy atom. The van der Waals surface area contributed by atoms with Gasteiger partial charge in [0.15, 0.2) is 9.84 Å². The molecule has 2 rings (SSSR count). The molecule has 22 heavy (non-hydrogen) atoms. The number of hydrogen-bond donors (Lipinski definition) is 0. The summed E-state index contributed by atoms with van der Waals surface area (Å²) >= 11 is 0. The summed E-state index contributed by atoms with van der Waals surface area (Å²) < 4.78 is 29.3. The van der Waals surface area contributed by atoms with Crippen molar-refractivity contribution < 1.29 is 13.2 Å². The van der Waals surface area contributed by atoms with E-state index in [4.69, 9.17) is 4.74 Å². The Hall–Kier alpha value is -1.14. The van der Waals surface area contributed by atoms with Crippen LogP contribution in [-0.2, 0) is 16.4 Å². The molecule has 0 aliphatic heterocycles. The summed E-state index contributed by atoms with van der Waals surface area (Å²) in [4.78, 5) is 6.64. The van der Waals surface area contributed by atoms with Crippen LogP contribution in [0.1, 0.15) is 36.1 Å². The van der Waals surface area contributed by atoms with E-state index in [-0.39, 0.29) is 11.3 Å². The summed E-state index contributed by atoms with van der Waals surface area (Å²) in [5, 5.41) is -0.259. The molecule has 2 atom stereocenters. The number of nitrogens with zero attached hydrogens (tertiary/aromatic N) is 2. The largest absolute Gasteiger partial charge is 0.496 e. The maximum Gasteiger partial charge on any atom is 0.151 e. The van der Waals surface area contributed by atoms with Gasteiger partial charge in [0.05, 0.1) is 18.1 Å². The zero-order chi connectivity index (χ0) is 16.5. The number of sulfone groups is 1. The van der Waals surface area contributed by atoms with Crippen LogP contribution >= 0.6 is 0 Å². The van der Waals surface area contributed by atoms with Gasteiger partial charge in [0.2, 0.25) is 0 Å². The topological polar surface area (TPSA) is 59.5 Å². The number of hydrogen-bond acceptors (Lipinski definition) is 5. The van der Waals surface area contributed by atoms with Crippen LogP contribution in [0.15, 0.2) is 6.20 Å². The maximum absolute atomic E-state index is 12.0. The third-order valence-electron chi connectivity index (χ3n) is 4.68. The average Bonchev–Trinajstić information content (AvgIpc) is 2.92. The standard InChI is InChI=1S/C16H26N2O3S/c1-11-9-17-13(12(2)16(11)21-4)10-18(3)14-7-6-8-15(14)22(5,19)20/h9,14-15H,6-8,10H2,1-5H3/t14-,15-/m0/s1. The third-order valence-corrected chi connectivity index (χ3v) is 6.33. The van der Waals surface area contributed by atoms with E-state index in [1.807, 2.05) is 27.1 Å². The summed E-state index contributed by atoms with van der Waals surface area (Å²) in [7, 11) is 0.648. The van der Waals surface area contributed by atoms with Gasteiger partial charge in [0, 0.05) is 36.2 Å². The van der Waals surface area contributed by atoms with Gasteiger partial charge in [0.1, 0.15) is 5.75 Å². The second-order valence-electron chi connectivity index (χ2n) is 6.33. The Kier molecular flexibility index (Phi) is 5.12. The summed E-state index contributed by atoms with van der Waals surface area (Å²) in [5.41, 5.74) is 2.99. The minimum atomic E-state index is -3.01. The first-order valence-electron chi connectivity index (χ1n) is 7.64. The third kappa shape index (κ3) is 3.43. The molecule has 0 radical (unpaired) electrons. The second-order valence-corrected chi connectivity index (χ2v) is 8.59. The molecule has 0 saturated heterocycles. The SMILES string of the molecule is COc1c(C)cnc(CN(C)[C@H]2CCC[C@@H]2S(C)(=O)=O)c1C. The Morgan fingerprint density at radius 3 is 2.64 bits per heavy atom. The maximum atomic E-state index is 12.0. The van der Waals surface area contributed by atoms with Crippen molar-refractivity contribution in [3.8, 4) is 5.75 Å². The number of methoxy groups -OCH3 is 1. The van der Waals surface area contributed by atoms with Crippen molar-refractivity contribution in [3.63, 3.8) is 0 Å². The number of aryl methyl sites for hydroxylation is 1. The predicted octanol–water partition coefficient (Wildman–Crippen LogP) is 2.10. The van der Waals surface area contributed by atoms with Crippen molar-refractivity contribution in [2.75, 3.05) is 20.4 Å². The van der Waals surface area contributed by atoms with Crippen molar-refractivity contribution in [2.24, 2.45) is 0 Å². The fourth-order valence-electron chi connectivity index (χ4n) is 3.49. The van der Waals surface area contributed by atoms with Crippen LogP contribution in [-0.4, -0.2) is 50.0 Å².